The minimum absolute atomic E-state index is 0.0328. The first-order chi connectivity index (χ1) is 37.4. The number of rotatable bonds is 58. The summed E-state index contributed by atoms with van der Waals surface area (Å²) in [6.45, 7) is 5.94. The van der Waals surface area contributed by atoms with Gasteiger partial charge in [-0.3, -0.25) is 19.2 Å². The van der Waals surface area contributed by atoms with Crippen LogP contribution in [0.1, 0.15) is 303 Å². The van der Waals surface area contributed by atoms with E-state index in [0.29, 0.717) is 32.2 Å². The van der Waals surface area contributed by atoms with Crippen molar-refractivity contribution in [3.63, 3.8) is 0 Å². The summed E-state index contributed by atoms with van der Waals surface area (Å²) in [4.78, 5) is 64.9. The van der Waals surface area contributed by atoms with E-state index in [1.54, 1.807) is 14.1 Å². The molecule has 0 bridgehead atoms. The summed E-state index contributed by atoms with van der Waals surface area (Å²) in [5.41, 5.74) is -1.51. The zero-order valence-corrected chi connectivity index (χ0v) is 50.7. The average molecular weight is 1090 g/mol. The van der Waals surface area contributed by atoms with Gasteiger partial charge in [-0.25, -0.2) is 0 Å². The first kappa shape index (κ1) is 73.5. The van der Waals surface area contributed by atoms with Crippen molar-refractivity contribution in [2.45, 2.75) is 309 Å². The maximum absolute atomic E-state index is 13.7. The van der Waals surface area contributed by atoms with E-state index in [0.717, 1.165) is 116 Å². The third kappa shape index (κ3) is 53.0. The number of esters is 3. The number of hydrogen-bond donors (Lipinski definition) is 1. The van der Waals surface area contributed by atoms with Crippen LogP contribution in [0.5, 0.6) is 0 Å². The molecule has 0 saturated heterocycles. The molecule has 0 heterocycles. The van der Waals surface area contributed by atoms with Crippen LogP contribution in [0.4, 0.5) is 0 Å². The summed E-state index contributed by atoms with van der Waals surface area (Å²) < 4.78 is 17.7. The van der Waals surface area contributed by atoms with Gasteiger partial charge in [-0.05, 0) is 96.3 Å². The van der Waals surface area contributed by atoms with E-state index in [1.807, 2.05) is 0 Å². The highest BCUT2D eigenvalue weighted by Gasteiger charge is 2.38. The fraction of sp³-hybridized carbons (Fsp3) is 0.833. The molecule has 0 aliphatic heterocycles. The van der Waals surface area contributed by atoms with E-state index in [4.69, 9.17) is 14.2 Å². The molecular formula is C66H120N2O9. The van der Waals surface area contributed by atoms with Crippen LogP contribution in [0.25, 0.3) is 0 Å². The summed E-state index contributed by atoms with van der Waals surface area (Å²) in [7, 11) is 3.52. The minimum atomic E-state index is -1.51. The Kier molecular flexibility index (Phi) is 52.0. The molecule has 0 atom stereocenters. The van der Waals surface area contributed by atoms with Crippen LogP contribution in [-0.4, -0.2) is 86.8 Å². The van der Waals surface area contributed by atoms with Gasteiger partial charge in [0.05, 0.1) is 26.6 Å². The number of carbonyl (C=O) groups is 5. The number of hydrogen-bond acceptors (Lipinski definition) is 9. The summed E-state index contributed by atoms with van der Waals surface area (Å²) in [6, 6.07) is 0. The zero-order valence-electron chi connectivity index (χ0n) is 50.7. The number of ether oxygens (including phenoxy) is 3. The molecule has 0 saturated carbocycles. The SMILES string of the molecule is CCCCCCCCC=CCCCCCCCC(=O)OCC(COC(=O)CCCCCCC/C=C\CCCCCCCC)(COC(=O)CCCCCCC/C=C\CCCCCCCC)NC(=O)CCC[N+](C)(C)CC(=O)[O-]. The molecule has 77 heavy (non-hydrogen) atoms. The van der Waals surface area contributed by atoms with Gasteiger partial charge < -0.3 is 33.9 Å². The van der Waals surface area contributed by atoms with Crippen molar-refractivity contribution in [3.8, 4) is 0 Å². The zero-order chi connectivity index (χ0) is 56.6. The molecular weight excluding hydrogens is 965 g/mol. The van der Waals surface area contributed by atoms with Gasteiger partial charge in [0.25, 0.3) is 0 Å². The molecule has 11 nitrogen and oxygen atoms in total. The van der Waals surface area contributed by atoms with Crippen LogP contribution in [0.3, 0.4) is 0 Å². The van der Waals surface area contributed by atoms with Gasteiger partial charge >= 0.3 is 17.9 Å². The Morgan fingerprint density at radius 2 is 0.636 bits per heavy atom. The maximum atomic E-state index is 13.7. The Hall–Kier alpha value is -3.47. The molecule has 0 aromatic carbocycles. The van der Waals surface area contributed by atoms with Gasteiger partial charge in [0.1, 0.15) is 31.9 Å². The van der Waals surface area contributed by atoms with Crippen molar-refractivity contribution >= 4 is 29.8 Å². The second-order valence-corrected chi connectivity index (χ2v) is 23.1. The predicted octanol–water partition coefficient (Wildman–Crippen LogP) is 16.2. The Bertz CT molecular complexity index is 1370. The van der Waals surface area contributed by atoms with Crippen molar-refractivity contribution < 1.29 is 47.8 Å². The van der Waals surface area contributed by atoms with Crippen LogP contribution >= 0.6 is 0 Å². The molecule has 0 aliphatic rings. The van der Waals surface area contributed by atoms with Crippen LogP contribution in [0, 0.1) is 0 Å². The first-order valence-corrected chi connectivity index (χ1v) is 32.1. The molecule has 0 spiro atoms. The monoisotopic (exact) mass is 1080 g/mol. The number of likely N-dealkylation sites (N-methyl/N-ethyl adjacent to an activating group) is 1. The Balaban J connectivity index is 5.49. The lowest BCUT2D eigenvalue weighted by atomic mass is 10.0. The smallest absolute Gasteiger partial charge is 0.305 e. The number of unbranched alkanes of at least 4 members (excludes halogenated alkanes) is 33. The van der Waals surface area contributed by atoms with Crippen molar-refractivity contribution in [2.24, 2.45) is 0 Å². The lowest BCUT2D eigenvalue weighted by molar-refractivity contribution is -0.884. The number of quaternary nitrogens is 1. The van der Waals surface area contributed by atoms with E-state index in [9.17, 15) is 29.1 Å². The van der Waals surface area contributed by atoms with Gasteiger partial charge in [0.15, 0.2) is 0 Å². The molecule has 11 heteroatoms. The normalized spacial score (nSPS) is 12.1. The highest BCUT2D eigenvalue weighted by atomic mass is 16.6. The Morgan fingerprint density at radius 3 is 0.909 bits per heavy atom. The average Bonchev–Trinajstić information content (AvgIpc) is 3.39. The Labute approximate surface area is 473 Å². The number of amides is 1. The van der Waals surface area contributed by atoms with E-state index in [2.05, 4.69) is 62.5 Å². The number of allylic oxidation sites excluding steroid dienone is 6. The van der Waals surface area contributed by atoms with E-state index in [-0.39, 0.29) is 56.5 Å². The first-order valence-electron chi connectivity index (χ1n) is 32.1. The molecule has 0 radical (unpaired) electrons. The van der Waals surface area contributed by atoms with Crippen LogP contribution in [-0.2, 0) is 38.2 Å². The number of carboxylic acid groups (broad SMARTS) is 1. The molecule has 0 aromatic heterocycles. The number of carbonyl (C=O) groups excluding carboxylic acids is 5. The standard InChI is InChI=1S/C66H120N2O9/c1-6-9-12-15-18-21-24-27-30-33-36-39-42-45-48-53-63(72)75-58-66(67-61(69)52-51-56-68(4,5)57-62(70)71,59-76-64(73)54-49-46-43-40-37-34-31-28-25-22-19-16-13-10-7-2)60-77-65(74)55-50-47-44-41-38-35-32-29-26-23-20-17-14-11-8-3/h27-32H,6-26,33-60H2,1-5H3,(H-,67,69,70,71)/b30-27-,31-28-,32-29?. The van der Waals surface area contributed by atoms with Gasteiger partial charge in [-0.15, -0.1) is 0 Å². The lowest BCUT2D eigenvalue weighted by Crippen LogP contribution is -2.59. The summed E-state index contributed by atoms with van der Waals surface area (Å²) in [6.07, 6.45) is 59.7. The van der Waals surface area contributed by atoms with Crippen molar-refractivity contribution in [3.05, 3.63) is 36.5 Å². The third-order valence-electron chi connectivity index (χ3n) is 14.6. The predicted molar refractivity (Wildman–Crippen MR) is 318 cm³/mol. The maximum Gasteiger partial charge on any atom is 0.305 e. The highest BCUT2D eigenvalue weighted by Crippen LogP contribution is 2.18. The molecule has 448 valence electrons. The number of aliphatic carboxylic acids is 1. The van der Waals surface area contributed by atoms with Crippen LogP contribution in [0.15, 0.2) is 36.5 Å². The van der Waals surface area contributed by atoms with E-state index >= 15 is 0 Å². The van der Waals surface area contributed by atoms with E-state index in [1.165, 1.54) is 116 Å². The number of nitrogens with zero attached hydrogens (tertiary/aromatic N) is 1. The highest BCUT2D eigenvalue weighted by molar-refractivity contribution is 5.77. The quantitative estimate of drug-likeness (QED) is 0.0207. The minimum Gasteiger partial charge on any atom is -0.544 e. The fourth-order valence-electron chi connectivity index (χ4n) is 9.58. The van der Waals surface area contributed by atoms with Gasteiger partial charge in [0.2, 0.25) is 5.91 Å². The van der Waals surface area contributed by atoms with Crippen LogP contribution < -0.4 is 10.4 Å². The molecule has 0 aliphatic carbocycles. The van der Waals surface area contributed by atoms with Gasteiger partial charge in [-0.2, -0.15) is 0 Å². The molecule has 0 rings (SSSR count). The van der Waals surface area contributed by atoms with E-state index < -0.39 is 35.3 Å². The van der Waals surface area contributed by atoms with Crippen molar-refractivity contribution in [2.75, 3.05) is 47.0 Å². The third-order valence-corrected chi connectivity index (χ3v) is 14.6. The molecule has 0 fully saturated rings. The van der Waals surface area contributed by atoms with Crippen LogP contribution in [0.2, 0.25) is 0 Å². The van der Waals surface area contributed by atoms with Gasteiger partial charge in [-0.1, -0.05) is 211 Å². The lowest BCUT2D eigenvalue weighted by Gasteiger charge is -2.33. The summed E-state index contributed by atoms with van der Waals surface area (Å²) >= 11 is 0. The second-order valence-electron chi connectivity index (χ2n) is 23.1. The summed E-state index contributed by atoms with van der Waals surface area (Å²) in [5, 5.41) is 14.3. The fourth-order valence-corrected chi connectivity index (χ4v) is 9.58. The van der Waals surface area contributed by atoms with Gasteiger partial charge in [0, 0.05) is 32.1 Å². The number of nitrogens with one attached hydrogen (secondary N) is 1. The topological polar surface area (TPSA) is 148 Å². The summed E-state index contributed by atoms with van der Waals surface area (Å²) in [5.74, 6) is -2.87. The molecule has 1 amide bonds. The Morgan fingerprint density at radius 1 is 0.377 bits per heavy atom. The molecule has 1 N–H and O–H groups in total. The molecule has 0 unspecified atom stereocenters. The second kappa shape index (κ2) is 54.5. The molecule has 0 aromatic rings. The van der Waals surface area contributed by atoms with Crippen molar-refractivity contribution in [1.29, 1.82) is 0 Å². The number of carboxylic acids is 1. The largest absolute Gasteiger partial charge is 0.544 e. The van der Waals surface area contributed by atoms with Crippen molar-refractivity contribution in [1.82, 2.24) is 5.32 Å².